The molecule has 0 radical (unpaired) electrons. The lowest BCUT2D eigenvalue weighted by molar-refractivity contribution is 0.383. The van der Waals surface area contributed by atoms with E-state index in [0.717, 1.165) is 6.54 Å². The van der Waals surface area contributed by atoms with Crippen molar-refractivity contribution in [1.29, 1.82) is 0 Å². The third-order valence-corrected chi connectivity index (χ3v) is 2.53. The molecule has 0 bridgehead atoms. The van der Waals surface area contributed by atoms with E-state index < -0.39 is 0 Å². The van der Waals surface area contributed by atoms with Crippen LogP contribution in [0.2, 0.25) is 0 Å². The first-order valence-electron chi connectivity index (χ1n) is 6.38. The van der Waals surface area contributed by atoms with Crippen LogP contribution in [0.3, 0.4) is 0 Å². The molecule has 1 aromatic heterocycles. The zero-order valence-electron chi connectivity index (χ0n) is 11.9. The summed E-state index contributed by atoms with van der Waals surface area (Å²) in [6, 6.07) is 0.446. The van der Waals surface area contributed by atoms with Crippen molar-refractivity contribution in [3.05, 3.63) is 22.7 Å². The van der Waals surface area contributed by atoms with E-state index in [1.807, 2.05) is 20.8 Å². The van der Waals surface area contributed by atoms with E-state index in [4.69, 9.17) is 0 Å². The minimum Gasteiger partial charge on any atom is -0.364 e. The van der Waals surface area contributed by atoms with Crippen molar-refractivity contribution in [2.75, 3.05) is 18.4 Å². The van der Waals surface area contributed by atoms with Gasteiger partial charge in [0, 0.05) is 37.1 Å². The van der Waals surface area contributed by atoms with E-state index in [9.17, 15) is 4.79 Å². The summed E-state index contributed by atoms with van der Waals surface area (Å²) in [7, 11) is 0. The number of rotatable bonds is 5. The molecular formula is C13H24N4O. The van der Waals surface area contributed by atoms with Gasteiger partial charge in [0.05, 0.1) is 0 Å². The smallest absolute Gasteiger partial charge is 0.293 e. The zero-order chi connectivity index (χ0) is 13.8. The Kier molecular flexibility index (Phi) is 4.90. The van der Waals surface area contributed by atoms with Crippen LogP contribution in [-0.4, -0.2) is 28.7 Å². The molecule has 18 heavy (non-hydrogen) atoms. The van der Waals surface area contributed by atoms with Gasteiger partial charge in [-0.2, -0.15) is 0 Å². The molecule has 1 heterocycles. The van der Waals surface area contributed by atoms with Crippen LogP contribution >= 0.6 is 0 Å². The molecule has 0 aromatic carbocycles. The van der Waals surface area contributed by atoms with Crippen LogP contribution in [0, 0.1) is 0 Å². The van der Waals surface area contributed by atoms with Crippen LogP contribution in [0.15, 0.2) is 17.2 Å². The van der Waals surface area contributed by atoms with Crippen LogP contribution in [0.1, 0.15) is 34.6 Å². The van der Waals surface area contributed by atoms with Crippen molar-refractivity contribution >= 4 is 5.82 Å². The number of hydrogen-bond acceptors (Lipinski definition) is 4. The van der Waals surface area contributed by atoms with Crippen LogP contribution in [0.4, 0.5) is 5.82 Å². The second-order valence-electron chi connectivity index (χ2n) is 5.66. The maximum Gasteiger partial charge on any atom is 0.293 e. The van der Waals surface area contributed by atoms with E-state index in [1.165, 1.54) is 0 Å². The summed E-state index contributed by atoms with van der Waals surface area (Å²) in [4.78, 5) is 16.3. The van der Waals surface area contributed by atoms with Gasteiger partial charge in [-0.3, -0.25) is 4.79 Å². The van der Waals surface area contributed by atoms with E-state index in [0.29, 0.717) is 18.4 Å². The summed E-state index contributed by atoms with van der Waals surface area (Å²) in [5.74, 6) is 0.415. The summed E-state index contributed by atoms with van der Waals surface area (Å²) in [5, 5.41) is 6.35. The Morgan fingerprint density at radius 3 is 2.56 bits per heavy atom. The highest BCUT2D eigenvalue weighted by atomic mass is 16.1. The van der Waals surface area contributed by atoms with Crippen molar-refractivity contribution in [2.45, 2.75) is 46.2 Å². The Bertz CT molecular complexity index is 431. The maximum atomic E-state index is 12.2. The average Bonchev–Trinajstić information content (AvgIpc) is 2.24. The molecule has 0 saturated heterocycles. The highest BCUT2D eigenvalue weighted by molar-refractivity contribution is 5.31. The quantitative estimate of drug-likeness (QED) is 0.778. The summed E-state index contributed by atoms with van der Waals surface area (Å²) < 4.78 is 1.69. The van der Waals surface area contributed by atoms with Gasteiger partial charge in [-0.05, 0) is 20.8 Å². The second kappa shape index (κ2) is 6.00. The molecule has 2 N–H and O–H groups in total. The van der Waals surface area contributed by atoms with Gasteiger partial charge in [0.25, 0.3) is 5.56 Å². The number of nitrogens with zero attached hydrogens (tertiary/aromatic N) is 2. The Morgan fingerprint density at radius 2 is 2.00 bits per heavy atom. The number of hydrogen-bond donors (Lipinski definition) is 2. The molecule has 0 aliphatic heterocycles. The van der Waals surface area contributed by atoms with Gasteiger partial charge < -0.3 is 15.2 Å². The average molecular weight is 252 g/mol. The first-order valence-corrected chi connectivity index (χ1v) is 6.38. The van der Waals surface area contributed by atoms with E-state index in [2.05, 4.69) is 29.5 Å². The van der Waals surface area contributed by atoms with Crippen molar-refractivity contribution in [1.82, 2.24) is 14.9 Å². The van der Waals surface area contributed by atoms with Gasteiger partial charge in [0.15, 0.2) is 5.82 Å². The molecule has 0 amide bonds. The second-order valence-corrected chi connectivity index (χ2v) is 5.66. The summed E-state index contributed by atoms with van der Waals surface area (Å²) in [6.07, 6.45) is 3.38. The molecule has 1 aromatic rings. The molecule has 0 fully saturated rings. The SMILES string of the molecule is CC(C)NCCNc1nccn(C(C)(C)C)c1=O. The number of nitrogens with one attached hydrogen (secondary N) is 2. The van der Waals surface area contributed by atoms with Crippen molar-refractivity contribution in [2.24, 2.45) is 0 Å². The minimum absolute atomic E-state index is 0.0745. The monoisotopic (exact) mass is 252 g/mol. The fraction of sp³-hybridized carbons (Fsp3) is 0.692. The Labute approximate surface area is 109 Å². The summed E-state index contributed by atoms with van der Waals surface area (Å²) >= 11 is 0. The Balaban J connectivity index is 2.71. The van der Waals surface area contributed by atoms with Crippen LogP contribution in [0.5, 0.6) is 0 Å². The highest BCUT2D eigenvalue weighted by Gasteiger charge is 2.16. The highest BCUT2D eigenvalue weighted by Crippen LogP contribution is 2.10. The van der Waals surface area contributed by atoms with E-state index >= 15 is 0 Å². The fourth-order valence-electron chi connectivity index (χ4n) is 1.60. The lowest BCUT2D eigenvalue weighted by atomic mass is 10.1. The van der Waals surface area contributed by atoms with Crippen LogP contribution < -0.4 is 16.2 Å². The third-order valence-electron chi connectivity index (χ3n) is 2.53. The zero-order valence-corrected chi connectivity index (χ0v) is 11.9. The van der Waals surface area contributed by atoms with Gasteiger partial charge in [-0.15, -0.1) is 0 Å². The normalized spacial score (nSPS) is 11.9. The van der Waals surface area contributed by atoms with Gasteiger partial charge in [-0.25, -0.2) is 4.98 Å². The summed E-state index contributed by atoms with van der Waals surface area (Å²) in [5.41, 5.74) is -0.304. The van der Waals surface area contributed by atoms with Crippen molar-refractivity contribution < 1.29 is 0 Å². The first-order chi connectivity index (χ1) is 8.32. The lowest BCUT2D eigenvalue weighted by Crippen LogP contribution is -2.36. The van der Waals surface area contributed by atoms with Crippen LogP contribution in [0.25, 0.3) is 0 Å². The largest absolute Gasteiger partial charge is 0.364 e. The predicted octanol–water partition coefficient (Wildman–Crippen LogP) is 1.41. The predicted molar refractivity (Wildman–Crippen MR) is 75.1 cm³/mol. The fourth-order valence-corrected chi connectivity index (χ4v) is 1.60. The number of aromatic nitrogens is 2. The Morgan fingerprint density at radius 1 is 1.33 bits per heavy atom. The molecule has 0 atom stereocenters. The molecule has 0 aliphatic carbocycles. The van der Waals surface area contributed by atoms with E-state index in [-0.39, 0.29) is 11.1 Å². The topological polar surface area (TPSA) is 59.0 Å². The molecular weight excluding hydrogens is 228 g/mol. The Hall–Kier alpha value is -1.36. The summed E-state index contributed by atoms with van der Waals surface area (Å²) in [6.45, 7) is 11.7. The third kappa shape index (κ3) is 4.14. The van der Waals surface area contributed by atoms with Crippen molar-refractivity contribution in [3.63, 3.8) is 0 Å². The minimum atomic E-state index is -0.230. The standard InChI is InChI=1S/C13H24N4O/c1-10(2)14-6-7-15-11-12(18)17(9-8-16-11)13(3,4)5/h8-10,14H,6-7H2,1-5H3,(H,15,16). The lowest BCUT2D eigenvalue weighted by Gasteiger charge is -2.22. The van der Waals surface area contributed by atoms with Crippen molar-refractivity contribution in [3.8, 4) is 0 Å². The molecule has 0 saturated carbocycles. The maximum absolute atomic E-state index is 12.2. The molecule has 5 nitrogen and oxygen atoms in total. The van der Waals surface area contributed by atoms with Crippen LogP contribution in [-0.2, 0) is 5.54 Å². The molecule has 102 valence electrons. The van der Waals surface area contributed by atoms with Gasteiger partial charge in [0.2, 0.25) is 0 Å². The van der Waals surface area contributed by atoms with Gasteiger partial charge >= 0.3 is 0 Å². The van der Waals surface area contributed by atoms with Gasteiger partial charge in [-0.1, -0.05) is 13.8 Å². The molecule has 0 unspecified atom stereocenters. The molecule has 0 aliphatic rings. The molecule has 5 heteroatoms. The molecule has 0 spiro atoms. The number of anilines is 1. The first kappa shape index (κ1) is 14.7. The van der Waals surface area contributed by atoms with E-state index in [1.54, 1.807) is 17.0 Å². The van der Waals surface area contributed by atoms with Gasteiger partial charge in [0.1, 0.15) is 0 Å². The molecule has 1 rings (SSSR count).